The van der Waals surface area contributed by atoms with E-state index >= 15 is 0 Å². The molecule has 0 atom stereocenters. The van der Waals surface area contributed by atoms with Gasteiger partial charge in [0.1, 0.15) is 10.8 Å². The van der Waals surface area contributed by atoms with Gasteiger partial charge in [-0.2, -0.15) is 8.78 Å². The summed E-state index contributed by atoms with van der Waals surface area (Å²) in [6, 6.07) is 15.5. The Hall–Kier alpha value is -3.37. The Balaban J connectivity index is 1.22. The van der Waals surface area contributed by atoms with Gasteiger partial charge in [-0.15, -0.1) is 11.3 Å². The molecule has 3 aromatic rings. The lowest BCUT2D eigenvalue weighted by Gasteiger charge is -2.34. The molecular formula is C24H24F2N4O3S. The quantitative estimate of drug-likeness (QED) is 0.528. The lowest BCUT2D eigenvalue weighted by Crippen LogP contribution is -2.50. The summed E-state index contributed by atoms with van der Waals surface area (Å²) >= 11 is 1.62. The fraction of sp³-hybridized carbons (Fsp3) is 0.292. The molecule has 7 nitrogen and oxygen atoms in total. The van der Waals surface area contributed by atoms with Gasteiger partial charge in [0.05, 0.1) is 12.2 Å². The Kier molecular flexibility index (Phi) is 7.81. The third-order valence-electron chi connectivity index (χ3n) is 5.40. The molecule has 0 saturated carbocycles. The van der Waals surface area contributed by atoms with E-state index < -0.39 is 12.5 Å². The van der Waals surface area contributed by atoms with Crippen LogP contribution in [0.25, 0.3) is 10.6 Å². The largest absolute Gasteiger partial charge is 0.435 e. The van der Waals surface area contributed by atoms with Crippen LogP contribution in [0, 0.1) is 0 Å². The summed E-state index contributed by atoms with van der Waals surface area (Å²) in [5.74, 6) is -0.821. The zero-order valence-corrected chi connectivity index (χ0v) is 19.1. The fourth-order valence-electron chi connectivity index (χ4n) is 3.66. The molecule has 0 bridgehead atoms. The lowest BCUT2D eigenvalue weighted by molar-refractivity contribution is -0.131. The van der Waals surface area contributed by atoms with Crippen LogP contribution in [0.2, 0.25) is 0 Å². The third kappa shape index (κ3) is 6.36. The fourth-order valence-corrected chi connectivity index (χ4v) is 4.48. The van der Waals surface area contributed by atoms with Crippen LogP contribution in [0.1, 0.15) is 16.1 Å². The molecule has 1 aliphatic rings. The number of ether oxygens (including phenoxy) is 1. The number of thiazole rings is 1. The monoisotopic (exact) mass is 486 g/mol. The SMILES string of the molecule is O=C(NCC(=O)N1CCN(Cc2csc(-c3ccccc3)n2)CC1)c1cccc(OC(F)F)c1. The van der Waals surface area contributed by atoms with Crippen molar-refractivity contribution in [2.24, 2.45) is 0 Å². The Morgan fingerprint density at radius 2 is 1.82 bits per heavy atom. The maximum atomic E-state index is 12.5. The van der Waals surface area contributed by atoms with Gasteiger partial charge in [-0.25, -0.2) is 4.98 Å². The van der Waals surface area contributed by atoms with Gasteiger partial charge >= 0.3 is 6.61 Å². The molecule has 2 aromatic carbocycles. The van der Waals surface area contributed by atoms with Crippen molar-refractivity contribution in [1.82, 2.24) is 20.1 Å². The number of hydrogen-bond donors (Lipinski definition) is 1. The number of nitrogens with zero attached hydrogens (tertiary/aromatic N) is 3. The molecule has 1 N–H and O–H groups in total. The van der Waals surface area contributed by atoms with Gasteiger partial charge in [0.25, 0.3) is 5.91 Å². The average Bonchev–Trinajstić information content (AvgIpc) is 3.31. The third-order valence-corrected chi connectivity index (χ3v) is 6.34. The molecule has 1 fully saturated rings. The molecule has 34 heavy (non-hydrogen) atoms. The predicted molar refractivity (Wildman–Crippen MR) is 125 cm³/mol. The number of piperazine rings is 1. The molecular weight excluding hydrogens is 462 g/mol. The number of carbonyl (C=O) groups is 2. The average molecular weight is 487 g/mol. The maximum Gasteiger partial charge on any atom is 0.387 e. The second kappa shape index (κ2) is 11.2. The Bertz CT molecular complexity index is 1120. The molecule has 0 unspecified atom stereocenters. The van der Waals surface area contributed by atoms with E-state index in [1.54, 1.807) is 16.2 Å². The first kappa shape index (κ1) is 23.8. The van der Waals surface area contributed by atoms with Crippen LogP contribution in [0.4, 0.5) is 8.78 Å². The molecule has 0 aliphatic carbocycles. The minimum absolute atomic E-state index is 0.110. The Labute approximate surface area is 200 Å². The maximum absolute atomic E-state index is 12.5. The summed E-state index contributed by atoms with van der Waals surface area (Å²) in [6.07, 6.45) is 0. The highest BCUT2D eigenvalue weighted by Gasteiger charge is 2.22. The van der Waals surface area contributed by atoms with E-state index in [-0.39, 0.29) is 23.8 Å². The van der Waals surface area contributed by atoms with E-state index in [9.17, 15) is 18.4 Å². The van der Waals surface area contributed by atoms with Gasteiger partial charge < -0.3 is 15.0 Å². The lowest BCUT2D eigenvalue weighted by atomic mass is 10.2. The van der Waals surface area contributed by atoms with Gasteiger partial charge in [0.2, 0.25) is 5.91 Å². The topological polar surface area (TPSA) is 74.8 Å². The second-order valence-corrected chi connectivity index (χ2v) is 8.61. The minimum atomic E-state index is -2.97. The first-order chi connectivity index (χ1) is 16.5. The van der Waals surface area contributed by atoms with Crippen molar-refractivity contribution < 1.29 is 23.1 Å². The number of aromatic nitrogens is 1. The van der Waals surface area contributed by atoms with Crippen molar-refractivity contribution in [2.75, 3.05) is 32.7 Å². The van der Waals surface area contributed by atoms with Crippen LogP contribution in [-0.4, -0.2) is 65.9 Å². The van der Waals surface area contributed by atoms with Crippen LogP contribution in [0.3, 0.4) is 0 Å². The van der Waals surface area contributed by atoms with Crippen LogP contribution in [-0.2, 0) is 11.3 Å². The smallest absolute Gasteiger partial charge is 0.387 e. The molecule has 2 heterocycles. The number of nitrogens with one attached hydrogen (secondary N) is 1. The van der Waals surface area contributed by atoms with Crippen LogP contribution < -0.4 is 10.1 Å². The molecule has 4 rings (SSSR count). The molecule has 10 heteroatoms. The summed E-state index contributed by atoms with van der Waals surface area (Å²) in [5, 5.41) is 5.61. The van der Waals surface area contributed by atoms with E-state index in [1.807, 2.05) is 30.3 Å². The van der Waals surface area contributed by atoms with Gasteiger partial charge in [-0.05, 0) is 18.2 Å². The van der Waals surface area contributed by atoms with Gasteiger partial charge in [0, 0.05) is 49.2 Å². The molecule has 0 radical (unpaired) electrons. The van der Waals surface area contributed by atoms with Gasteiger partial charge in [-0.3, -0.25) is 14.5 Å². The molecule has 2 amide bonds. The molecule has 1 aliphatic heterocycles. The highest BCUT2D eigenvalue weighted by atomic mass is 32.1. The van der Waals surface area contributed by atoms with Crippen molar-refractivity contribution in [1.29, 1.82) is 0 Å². The van der Waals surface area contributed by atoms with Gasteiger partial charge in [0.15, 0.2) is 0 Å². The first-order valence-corrected chi connectivity index (χ1v) is 11.7. The Morgan fingerprint density at radius 1 is 1.06 bits per heavy atom. The number of carbonyl (C=O) groups excluding carboxylic acids is 2. The van der Waals surface area contributed by atoms with E-state index in [0.29, 0.717) is 26.2 Å². The van der Waals surface area contributed by atoms with E-state index in [1.165, 1.54) is 24.3 Å². The molecule has 1 saturated heterocycles. The second-order valence-electron chi connectivity index (χ2n) is 7.76. The highest BCUT2D eigenvalue weighted by molar-refractivity contribution is 7.13. The first-order valence-electron chi connectivity index (χ1n) is 10.8. The molecule has 178 valence electrons. The van der Waals surface area contributed by atoms with E-state index in [4.69, 9.17) is 4.98 Å². The van der Waals surface area contributed by atoms with Crippen molar-refractivity contribution in [3.05, 3.63) is 71.2 Å². The molecule has 1 aromatic heterocycles. The summed E-state index contributed by atoms with van der Waals surface area (Å²) in [6.45, 7) is 0.129. The van der Waals surface area contributed by atoms with E-state index in [2.05, 4.69) is 20.3 Å². The number of rotatable bonds is 8. The number of alkyl halides is 2. The van der Waals surface area contributed by atoms with Crippen molar-refractivity contribution in [3.63, 3.8) is 0 Å². The van der Waals surface area contributed by atoms with Gasteiger partial charge in [-0.1, -0.05) is 36.4 Å². The predicted octanol–water partition coefficient (Wildman–Crippen LogP) is 3.49. The summed E-state index contributed by atoms with van der Waals surface area (Å²) < 4.78 is 29.0. The van der Waals surface area contributed by atoms with Crippen LogP contribution >= 0.6 is 11.3 Å². The number of amides is 2. The standard InChI is InChI=1S/C24H24F2N4O3S/c25-24(26)33-20-8-4-7-18(13-20)22(32)27-14-21(31)30-11-9-29(10-12-30)15-19-16-34-23(28-19)17-5-2-1-3-6-17/h1-8,13,16,24H,9-12,14-15H2,(H,27,32). The number of halogens is 2. The zero-order chi connectivity index (χ0) is 23.9. The van der Waals surface area contributed by atoms with Crippen molar-refractivity contribution in [2.45, 2.75) is 13.2 Å². The number of hydrogen-bond acceptors (Lipinski definition) is 6. The van der Waals surface area contributed by atoms with E-state index in [0.717, 1.165) is 22.8 Å². The zero-order valence-electron chi connectivity index (χ0n) is 18.3. The van der Waals surface area contributed by atoms with Crippen LogP contribution in [0.5, 0.6) is 5.75 Å². The summed E-state index contributed by atoms with van der Waals surface area (Å²) in [5.41, 5.74) is 2.26. The number of benzene rings is 2. The van der Waals surface area contributed by atoms with Crippen molar-refractivity contribution >= 4 is 23.2 Å². The minimum Gasteiger partial charge on any atom is -0.435 e. The summed E-state index contributed by atoms with van der Waals surface area (Å²) in [4.78, 5) is 33.5. The van der Waals surface area contributed by atoms with Crippen LogP contribution in [0.15, 0.2) is 60.0 Å². The molecule has 0 spiro atoms. The summed E-state index contributed by atoms with van der Waals surface area (Å²) in [7, 11) is 0. The normalized spacial score (nSPS) is 14.3. The van der Waals surface area contributed by atoms with Crippen molar-refractivity contribution in [3.8, 4) is 16.3 Å². The highest BCUT2D eigenvalue weighted by Crippen LogP contribution is 2.24. The Morgan fingerprint density at radius 3 is 2.56 bits per heavy atom.